The molecule has 0 saturated carbocycles. The minimum atomic E-state index is 0.731. The highest BCUT2D eigenvalue weighted by Crippen LogP contribution is 2.22. The van der Waals surface area contributed by atoms with Crippen molar-refractivity contribution >= 4 is 17.7 Å². The molecule has 0 radical (unpaired) electrons. The molecule has 16 heavy (non-hydrogen) atoms. The van der Waals surface area contributed by atoms with Crippen LogP contribution in [0.5, 0.6) is 0 Å². The number of aromatic amines is 1. The molecule has 78 valence electrons. The zero-order valence-electron chi connectivity index (χ0n) is 8.55. The van der Waals surface area contributed by atoms with Gasteiger partial charge in [-0.05, 0) is 24.4 Å². The van der Waals surface area contributed by atoms with Crippen LogP contribution in [0, 0.1) is 4.77 Å². The molecule has 0 amide bonds. The van der Waals surface area contributed by atoms with Crippen molar-refractivity contribution in [1.29, 1.82) is 0 Å². The second-order valence-electron chi connectivity index (χ2n) is 3.63. The lowest BCUT2D eigenvalue weighted by Crippen LogP contribution is -1.81. The fourth-order valence-electron chi connectivity index (χ4n) is 1.88. The molecule has 0 bridgehead atoms. The summed E-state index contributed by atoms with van der Waals surface area (Å²) in [4.78, 5) is 3.25. The molecule has 0 aliphatic carbocycles. The first-order valence-corrected chi connectivity index (χ1v) is 5.52. The molecule has 1 N–H and O–H groups in total. The largest absolute Gasteiger partial charge is 0.330 e. The van der Waals surface area contributed by atoms with Gasteiger partial charge in [-0.1, -0.05) is 36.4 Å². The summed E-state index contributed by atoms with van der Waals surface area (Å²) < 4.78 is 2.71. The summed E-state index contributed by atoms with van der Waals surface area (Å²) >= 11 is 5.28. The highest BCUT2D eigenvalue weighted by Gasteiger charge is 2.05. The van der Waals surface area contributed by atoms with Crippen molar-refractivity contribution in [2.24, 2.45) is 0 Å². The Balaban J connectivity index is 2.38. The first kappa shape index (κ1) is 9.36. The molecule has 3 rings (SSSR count). The molecule has 2 nitrogen and oxygen atoms in total. The van der Waals surface area contributed by atoms with Gasteiger partial charge >= 0.3 is 0 Å². The van der Waals surface area contributed by atoms with Gasteiger partial charge < -0.3 is 4.98 Å². The summed E-state index contributed by atoms with van der Waals surface area (Å²) in [5.74, 6) is 0. The molecule has 0 spiro atoms. The number of nitrogens with one attached hydrogen (secondary N) is 1. The maximum atomic E-state index is 5.28. The number of imidazole rings is 1. The average Bonchev–Trinajstić information content (AvgIpc) is 2.69. The number of nitrogens with zero attached hydrogens (tertiary/aromatic N) is 1. The molecular formula is C13H10N2S. The number of fused-ring (bicyclic) bond motifs is 1. The molecule has 0 aliphatic heterocycles. The first-order chi connectivity index (χ1) is 7.86. The van der Waals surface area contributed by atoms with Gasteiger partial charge in [0.15, 0.2) is 4.77 Å². The van der Waals surface area contributed by atoms with Crippen molar-refractivity contribution in [2.75, 3.05) is 0 Å². The van der Waals surface area contributed by atoms with Gasteiger partial charge in [-0.2, -0.15) is 0 Å². The highest BCUT2D eigenvalue weighted by atomic mass is 32.1. The van der Waals surface area contributed by atoms with Gasteiger partial charge in [0.25, 0.3) is 0 Å². The van der Waals surface area contributed by atoms with E-state index in [-0.39, 0.29) is 0 Å². The van der Waals surface area contributed by atoms with Crippen LogP contribution in [0.15, 0.2) is 54.7 Å². The zero-order valence-corrected chi connectivity index (χ0v) is 9.37. The lowest BCUT2D eigenvalue weighted by atomic mass is 10.1. The Hall–Kier alpha value is -1.87. The zero-order chi connectivity index (χ0) is 11.0. The van der Waals surface area contributed by atoms with Crippen molar-refractivity contribution in [1.82, 2.24) is 9.38 Å². The maximum absolute atomic E-state index is 5.28. The quantitative estimate of drug-likeness (QED) is 0.628. The van der Waals surface area contributed by atoms with Crippen LogP contribution in [0.2, 0.25) is 0 Å². The second-order valence-corrected chi connectivity index (χ2v) is 4.01. The number of aromatic nitrogens is 2. The first-order valence-electron chi connectivity index (χ1n) is 5.11. The number of pyridine rings is 1. The second kappa shape index (κ2) is 3.61. The van der Waals surface area contributed by atoms with Crippen molar-refractivity contribution in [3.05, 3.63) is 59.5 Å². The fourth-order valence-corrected chi connectivity index (χ4v) is 2.14. The monoisotopic (exact) mass is 226 g/mol. The molecule has 3 aromatic rings. The van der Waals surface area contributed by atoms with E-state index in [2.05, 4.69) is 23.2 Å². The minimum absolute atomic E-state index is 0.731. The summed E-state index contributed by atoms with van der Waals surface area (Å²) in [5, 5.41) is 0. The molecule has 3 heteroatoms. The van der Waals surface area contributed by atoms with Crippen LogP contribution in [-0.4, -0.2) is 9.38 Å². The minimum Gasteiger partial charge on any atom is -0.330 e. The van der Waals surface area contributed by atoms with Gasteiger partial charge in [0.2, 0.25) is 0 Å². The molecule has 0 aliphatic rings. The van der Waals surface area contributed by atoms with Gasteiger partial charge in [-0.3, -0.25) is 4.40 Å². The van der Waals surface area contributed by atoms with E-state index in [4.69, 9.17) is 12.2 Å². The Morgan fingerprint density at radius 1 is 0.938 bits per heavy atom. The van der Waals surface area contributed by atoms with E-state index in [0.717, 1.165) is 21.5 Å². The number of H-pyrrole nitrogens is 1. The van der Waals surface area contributed by atoms with Gasteiger partial charge in [-0.25, -0.2) is 0 Å². The summed E-state index contributed by atoms with van der Waals surface area (Å²) in [7, 11) is 0. The SMILES string of the molecule is S=c1[nH]c(-c2ccccc2)c2ccccn12. The third-order valence-corrected chi connectivity index (χ3v) is 2.93. The predicted octanol–water partition coefficient (Wildman–Crippen LogP) is 3.66. The van der Waals surface area contributed by atoms with E-state index in [0.29, 0.717) is 0 Å². The number of benzene rings is 1. The van der Waals surface area contributed by atoms with Gasteiger partial charge in [0.1, 0.15) is 0 Å². The summed E-state index contributed by atoms with van der Waals surface area (Å²) in [5.41, 5.74) is 3.34. The lowest BCUT2D eigenvalue weighted by Gasteiger charge is -1.98. The Labute approximate surface area is 98.2 Å². The predicted molar refractivity (Wildman–Crippen MR) is 68.0 cm³/mol. The highest BCUT2D eigenvalue weighted by molar-refractivity contribution is 7.71. The van der Waals surface area contributed by atoms with Crippen LogP contribution in [-0.2, 0) is 0 Å². The van der Waals surface area contributed by atoms with Crippen molar-refractivity contribution in [3.8, 4) is 11.3 Å². The van der Waals surface area contributed by atoms with Gasteiger partial charge in [0.05, 0.1) is 11.2 Å². The third kappa shape index (κ3) is 1.37. The van der Waals surface area contributed by atoms with E-state index in [1.54, 1.807) is 0 Å². The van der Waals surface area contributed by atoms with Crippen LogP contribution in [0.25, 0.3) is 16.8 Å². The van der Waals surface area contributed by atoms with Crippen LogP contribution in [0.4, 0.5) is 0 Å². The molecule has 1 aromatic carbocycles. The smallest absolute Gasteiger partial charge is 0.182 e. The molecular weight excluding hydrogens is 216 g/mol. The number of hydrogen-bond donors (Lipinski definition) is 1. The van der Waals surface area contributed by atoms with E-state index in [1.807, 2.05) is 40.9 Å². The number of rotatable bonds is 1. The Morgan fingerprint density at radius 3 is 2.50 bits per heavy atom. The Kier molecular flexibility index (Phi) is 2.11. The normalized spacial score (nSPS) is 10.8. The van der Waals surface area contributed by atoms with Crippen LogP contribution in [0.3, 0.4) is 0 Å². The van der Waals surface area contributed by atoms with E-state index in [1.165, 1.54) is 0 Å². The maximum Gasteiger partial charge on any atom is 0.182 e. The summed E-state index contributed by atoms with van der Waals surface area (Å²) in [6.45, 7) is 0. The van der Waals surface area contributed by atoms with Gasteiger partial charge in [0, 0.05) is 11.8 Å². The van der Waals surface area contributed by atoms with Crippen LogP contribution >= 0.6 is 12.2 Å². The van der Waals surface area contributed by atoms with Gasteiger partial charge in [-0.15, -0.1) is 0 Å². The Morgan fingerprint density at radius 2 is 1.69 bits per heavy atom. The topological polar surface area (TPSA) is 20.2 Å². The van der Waals surface area contributed by atoms with Crippen molar-refractivity contribution in [3.63, 3.8) is 0 Å². The molecule has 0 unspecified atom stereocenters. The van der Waals surface area contributed by atoms with Crippen LogP contribution < -0.4 is 0 Å². The Bertz CT molecular complexity index is 680. The van der Waals surface area contributed by atoms with Crippen LogP contribution in [0.1, 0.15) is 0 Å². The molecule has 0 fully saturated rings. The molecule has 0 saturated heterocycles. The van der Waals surface area contributed by atoms with Crippen molar-refractivity contribution in [2.45, 2.75) is 0 Å². The fraction of sp³-hybridized carbons (Fsp3) is 0. The van der Waals surface area contributed by atoms with E-state index < -0.39 is 0 Å². The summed E-state index contributed by atoms with van der Waals surface area (Å²) in [6, 6.07) is 16.3. The number of hydrogen-bond acceptors (Lipinski definition) is 1. The van der Waals surface area contributed by atoms with E-state index in [9.17, 15) is 0 Å². The molecule has 0 atom stereocenters. The summed E-state index contributed by atoms with van der Waals surface area (Å²) in [6.07, 6.45) is 1.97. The molecule has 2 aromatic heterocycles. The third-order valence-electron chi connectivity index (χ3n) is 2.63. The van der Waals surface area contributed by atoms with E-state index >= 15 is 0 Å². The molecule has 2 heterocycles. The lowest BCUT2D eigenvalue weighted by molar-refractivity contribution is 1.12. The standard InChI is InChI=1S/C13H10N2S/c16-13-14-12(10-6-2-1-3-7-10)11-8-4-5-9-15(11)13/h1-9H,(H,14,16). The van der Waals surface area contributed by atoms with Crippen molar-refractivity contribution < 1.29 is 0 Å². The average molecular weight is 226 g/mol.